The van der Waals surface area contributed by atoms with E-state index in [1.54, 1.807) is 26.0 Å². The van der Waals surface area contributed by atoms with E-state index in [-0.39, 0.29) is 30.8 Å². The van der Waals surface area contributed by atoms with Gasteiger partial charge in [-0.25, -0.2) is 13.1 Å². The maximum absolute atomic E-state index is 12.3. The number of amides is 1. The Hall–Kier alpha value is -1.93. The molecule has 23 heavy (non-hydrogen) atoms. The number of sulfonamides is 1. The van der Waals surface area contributed by atoms with Gasteiger partial charge in [-0.3, -0.25) is 9.59 Å². The average Bonchev–Trinajstić information content (AvgIpc) is 2.35. The van der Waals surface area contributed by atoms with Gasteiger partial charge in [-0.05, 0) is 31.9 Å². The highest BCUT2D eigenvalue weighted by atomic mass is 32.2. The second-order valence-electron chi connectivity index (χ2n) is 5.37. The van der Waals surface area contributed by atoms with Crippen molar-refractivity contribution >= 4 is 21.9 Å². The van der Waals surface area contributed by atoms with Crippen molar-refractivity contribution < 1.29 is 23.1 Å². The van der Waals surface area contributed by atoms with Gasteiger partial charge in [0.05, 0.1) is 11.3 Å². The quantitative estimate of drug-likeness (QED) is 0.649. The predicted octanol–water partition coefficient (Wildman–Crippen LogP) is 0.871. The summed E-state index contributed by atoms with van der Waals surface area (Å²) in [7, 11) is -3.69. The van der Waals surface area contributed by atoms with Crippen molar-refractivity contribution in [2.24, 2.45) is 0 Å². The molecule has 0 fully saturated rings. The molecule has 128 valence electrons. The van der Waals surface area contributed by atoms with Gasteiger partial charge in [-0.1, -0.05) is 17.7 Å². The van der Waals surface area contributed by atoms with Gasteiger partial charge < -0.3 is 10.4 Å². The zero-order valence-electron chi connectivity index (χ0n) is 13.5. The van der Waals surface area contributed by atoms with Gasteiger partial charge in [0.25, 0.3) is 0 Å². The van der Waals surface area contributed by atoms with E-state index >= 15 is 0 Å². The summed E-state index contributed by atoms with van der Waals surface area (Å²) in [5.41, 5.74) is 2.29. The Morgan fingerprint density at radius 1 is 1.04 bits per heavy atom. The van der Waals surface area contributed by atoms with Crippen molar-refractivity contribution in [1.29, 1.82) is 0 Å². The summed E-state index contributed by atoms with van der Waals surface area (Å²) in [6.45, 7) is 5.33. The Morgan fingerprint density at radius 2 is 1.61 bits per heavy atom. The molecular weight excluding hydrogens is 320 g/mol. The first-order valence-electron chi connectivity index (χ1n) is 7.19. The van der Waals surface area contributed by atoms with Crippen LogP contribution in [0.1, 0.15) is 29.5 Å². The number of hydrogen-bond donors (Lipinski definition) is 3. The van der Waals surface area contributed by atoms with Crippen molar-refractivity contribution in [3.05, 3.63) is 28.8 Å². The number of benzene rings is 1. The molecule has 0 bridgehead atoms. The van der Waals surface area contributed by atoms with Crippen LogP contribution in [-0.2, 0) is 19.6 Å². The number of nitrogens with one attached hydrogen (secondary N) is 2. The van der Waals surface area contributed by atoms with Gasteiger partial charge in [0, 0.05) is 19.5 Å². The number of carboxylic acid groups (broad SMARTS) is 1. The number of aliphatic carboxylic acids is 1. The number of aryl methyl sites for hydroxylation is 3. The number of carboxylic acids is 1. The van der Waals surface area contributed by atoms with Gasteiger partial charge in [0.15, 0.2) is 0 Å². The SMILES string of the molecule is Cc1cc(C)c(S(=O)(=O)NCCC(=O)NCCC(=O)O)c(C)c1. The second-order valence-corrected chi connectivity index (χ2v) is 7.07. The monoisotopic (exact) mass is 342 g/mol. The molecule has 0 aliphatic carbocycles. The van der Waals surface area contributed by atoms with E-state index in [1.165, 1.54) is 0 Å². The molecule has 0 aliphatic heterocycles. The van der Waals surface area contributed by atoms with Crippen LogP contribution in [0.5, 0.6) is 0 Å². The van der Waals surface area contributed by atoms with Crippen LogP contribution in [0.4, 0.5) is 0 Å². The van der Waals surface area contributed by atoms with E-state index in [0.717, 1.165) is 5.56 Å². The second kappa shape index (κ2) is 8.07. The Balaban J connectivity index is 2.60. The van der Waals surface area contributed by atoms with Crippen LogP contribution >= 0.6 is 0 Å². The predicted molar refractivity (Wildman–Crippen MR) is 85.7 cm³/mol. The third-order valence-electron chi connectivity index (χ3n) is 3.18. The molecule has 7 nitrogen and oxygen atoms in total. The molecule has 0 saturated carbocycles. The molecule has 0 heterocycles. The Bertz CT molecular complexity index is 675. The van der Waals surface area contributed by atoms with Crippen molar-refractivity contribution in [1.82, 2.24) is 10.0 Å². The molecule has 1 aromatic carbocycles. The fourth-order valence-electron chi connectivity index (χ4n) is 2.36. The van der Waals surface area contributed by atoms with Crippen LogP contribution < -0.4 is 10.0 Å². The molecule has 0 atom stereocenters. The Kier molecular flexibility index (Phi) is 6.71. The summed E-state index contributed by atoms with van der Waals surface area (Å²) >= 11 is 0. The lowest BCUT2D eigenvalue weighted by molar-refractivity contribution is -0.136. The zero-order chi connectivity index (χ0) is 17.6. The Morgan fingerprint density at radius 3 is 2.13 bits per heavy atom. The minimum atomic E-state index is -3.69. The lowest BCUT2D eigenvalue weighted by Gasteiger charge is -2.13. The summed E-state index contributed by atoms with van der Waals surface area (Å²) in [6, 6.07) is 3.58. The average molecular weight is 342 g/mol. The summed E-state index contributed by atoms with van der Waals surface area (Å²) < 4.78 is 27.1. The molecule has 1 aromatic rings. The zero-order valence-corrected chi connectivity index (χ0v) is 14.3. The lowest BCUT2D eigenvalue weighted by atomic mass is 10.1. The minimum absolute atomic E-state index is 0.0249. The van der Waals surface area contributed by atoms with E-state index in [9.17, 15) is 18.0 Å². The van der Waals surface area contributed by atoms with Gasteiger partial charge in [0.2, 0.25) is 15.9 Å². The van der Waals surface area contributed by atoms with E-state index in [1.807, 2.05) is 6.92 Å². The van der Waals surface area contributed by atoms with Gasteiger partial charge in [-0.15, -0.1) is 0 Å². The third-order valence-corrected chi connectivity index (χ3v) is 4.94. The normalized spacial score (nSPS) is 11.3. The maximum atomic E-state index is 12.3. The number of rotatable bonds is 8. The highest BCUT2D eigenvalue weighted by Crippen LogP contribution is 2.21. The van der Waals surface area contributed by atoms with Gasteiger partial charge >= 0.3 is 5.97 Å². The van der Waals surface area contributed by atoms with Crippen LogP contribution in [0.25, 0.3) is 0 Å². The van der Waals surface area contributed by atoms with E-state index in [2.05, 4.69) is 10.0 Å². The molecule has 3 N–H and O–H groups in total. The van der Waals surface area contributed by atoms with E-state index < -0.39 is 21.9 Å². The topological polar surface area (TPSA) is 113 Å². The lowest BCUT2D eigenvalue weighted by Crippen LogP contribution is -2.32. The molecular formula is C15H22N2O5S. The fraction of sp³-hybridized carbons (Fsp3) is 0.467. The minimum Gasteiger partial charge on any atom is -0.481 e. The summed E-state index contributed by atoms with van der Waals surface area (Å²) in [5, 5.41) is 10.9. The van der Waals surface area contributed by atoms with Crippen molar-refractivity contribution in [3.63, 3.8) is 0 Å². The molecule has 0 radical (unpaired) electrons. The molecule has 0 unspecified atom stereocenters. The molecule has 1 rings (SSSR count). The van der Waals surface area contributed by atoms with Crippen LogP contribution in [0.3, 0.4) is 0 Å². The molecule has 1 amide bonds. The molecule has 0 aliphatic rings. The van der Waals surface area contributed by atoms with Gasteiger partial charge in [-0.2, -0.15) is 0 Å². The molecule has 0 aromatic heterocycles. The molecule has 8 heteroatoms. The van der Waals surface area contributed by atoms with Crippen molar-refractivity contribution in [2.75, 3.05) is 13.1 Å². The molecule has 0 spiro atoms. The van der Waals surface area contributed by atoms with E-state index in [4.69, 9.17) is 5.11 Å². The van der Waals surface area contributed by atoms with E-state index in [0.29, 0.717) is 11.1 Å². The smallest absolute Gasteiger partial charge is 0.305 e. The van der Waals surface area contributed by atoms with Gasteiger partial charge in [0.1, 0.15) is 0 Å². The standard InChI is InChI=1S/C15H22N2O5S/c1-10-8-11(2)15(12(3)9-10)23(21,22)17-7-4-13(18)16-6-5-14(19)20/h8-9,17H,4-7H2,1-3H3,(H,16,18)(H,19,20). The maximum Gasteiger partial charge on any atom is 0.305 e. The number of carbonyl (C=O) groups excluding carboxylic acids is 1. The highest BCUT2D eigenvalue weighted by molar-refractivity contribution is 7.89. The largest absolute Gasteiger partial charge is 0.481 e. The summed E-state index contributed by atoms with van der Waals surface area (Å²) in [6.07, 6.45) is -0.220. The van der Waals surface area contributed by atoms with Crippen LogP contribution in [0.2, 0.25) is 0 Å². The third kappa shape index (κ3) is 5.99. The number of carbonyl (C=O) groups is 2. The Labute approximate surface area is 136 Å². The highest BCUT2D eigenvalue weighted by Gasteiger charge is 2.19. The first-order chi connectivity index (χ1) is 10.6. The molecule has 0 saturated heterocycles. The first kappa shape index (κ1) is 19.1. The van der Waals surface area contributed by atoms with Crippen LogP contribution in [0, 0.1) is 20.8 Å². The van der Waals surface area contributed by atoms with Crippen molar-refractivity contribution in [2.45, 2.75) is 38.5 Å². The number of hydrogen-bond acceptors (Lipinski definition) is 4. The summed E-state index contributed by atoms with van der Waals surface area (Å²) in [4.78, 5) is 22.0. The van der Waals surface area contributed by atoms with Crippen LogP contribution in [-0.4, -0.2) is 38.5 Å². The van der Waals surface area contributed by atoms with Crippen molar-refractivity contribution in [3.8, 4) is 0 Å². The fourth-order valence-corrected chi connectivity index (χ4v) is 3.84. The summed E-state index contributed by atoms with van der Waals surface area (Å²) in [5.74, 6) is -1.40. The first-order valence-corrected chi connectivity index (χ1v) is 8.68. The van der Waals surface area contributed by atoms with Crippen LogP contribution in [0.15, 0.2) is 17.0 Å².